The topological polar surface area (TPSA) is 54.3 Å². The summed E-state index contributed by atoms with van der Waals surface area (Å²) in [7, 11) is 1.81. The Morgan fingerprint density at radius 2 is 2.19 bits per heavy atom. The molecule has 1 unspecified atom stereocenters. The van der Waals surface area contributed by atoms with Crippen molar-refractivity contribution in [3.05, 3.63) is 0 Å². The zero-order valence-corrected chi connectivity index (χ0v) is 10.3. The van der Waals surface area contributed by atoms with Gasteiger partial charge in [0.15, 0.2) is 0 Å². The van der Waals surface area contributed by atoms with Gasteiger partial charge in [0.25, 0.3) is 0 Å². The monoisotopic (exact) mass is 226 g/mol. The second kappa shape index (κ2) is 6.85. The fourth-order valence-electron chi connectivity index (χ4n) is 1.68. The van der Waals surface area contributed by atoms with E-state index in [0.717, 1.165) is 39.1 Å². The van der Waals surface area contributed by atoms with Gasteiger partial charge in [0.2, 0.25) is 0 Å². The van der Waals surface area contributed by atoms with Gasteiger partial charge in [0, 0.05) is 32.8 Å². The van der Waals surface area contributed by atoms with Crippen LogP contribution in [-0.4, -0.2) is 39.0 Å². The van der Waals surface area contributed by atoms with Crippen molar-refractivity contribution in [1.29, 1.82) is 5.26 Å². The quantitative estimate of drug-likeness (QED) is 0.694. The largest absolute Gasteiger partial charge is 0.381 e. The lowest BCUT2D eigenvalue weighted by atomic mass is 10.0. The lowest BCUT2D eigenvalue weighted by molar-refractivity contribution is 0.0177. The SMILES string of the molecule is CNC(C)(C#N)CCOCC1CCOCC1. The van der Waals surface area contributed by atoms with Gasteiger partial charge >= 0.3 is 0 Å². The van der Waals surface area contributed by atoms with Crippen LogP contribution in [0.25, 0.3) is 0 Å². The maximum atomic E-state index is 8.95. The minimum atomic E-state index is -0.463. The molecule has 1 saturated heterocycles. The van der Waals surface area contributed by atoms with Crippen LogP contribution in [0.15, 0.2) is 0 Å². The van der Waals surface area contributed by atoms with E-state index in [1.807, 2.05) is 14.0 Å². The van der Waals surface area contributed by atoms with Crippen LogP contribution in [0.3, 0.4) is 0 Å². The second-order valence-electron chi connectivity index (χ2n) is 4.57. The maximum Gasteiger partial charge on any atom is 0.105 e. The summed E-state index contributed by atoms with van der Waals surface area (Å²) in [6.07, 6.45) is 2.92. The first-order valence-corrected chi connectivity index (χ1v) is 5.96. The molecular weight excluding hydrogens is 204 g/mol. The second-order valence-corrected chi connectivity index (χ2v) is 4.57. The molecule has 1 fully saturated rings. The lowest BCUT2D eigenvalue weighted by Crippen LogP contribution is -2.39. The Morgan fingerprint density at radius 1 is 1.50 bits per heavy atom. The summed E-state index contributed by atoms with van der Waals surface area (Å²) >= 11 is 0. The first-order valence-electron chi connectivity index (χ1n) is 5.96. The summed E-state index contributed by atoms with van der Waals surface area (Å²) in [5, 5.41) is 12.0. The molecule has 1 aliphatic rings. The maximum absolute atomic E-state index is 8.95. The van der Waals surface area contributed by atoms with E-state index >= 15 is 0 Å². The van der Waals surface area contributed by atoms with Gasteiger partial charge in [-0.05, 0) is 32.7 Å². The molecule has 0 aromatic heterocycles. The van der Waals surface area contributed by atoms with Gasteiger partial charge in [0.05, 0.1) is 6.07 Å². The number of hydrogen-bond donors (Lipinski definition) is 1. The summed E-state index contributed by atoms with van der Waals surface area (Å²) in [6, 6.07) is 2.26. The van der Waals surface area contributed by atoms with Crippen molar-refractivity contribution in [2.24, 2.45) is 5.92 Å². The Kier molecular flexibility index (Phi) is 5.75. The van der Waals surface area contributed by atoms with Crippen LogP contribution in [0.5, 0.6) is 0 Å². The van der Waals surface area contributed by atoms with E-state index in [2.05, 4.69) is 11.4 Å². The summed E-state index contributed by atoms with van der Waals surface area (Å²) in [5.74, 6) is 0.636. The molecular formula is C12H22N2O2. The van der Waals surface area contributed by atoms with Crippen LogP contribution < -0.4 is 5.32 Å². The van der Waals surface area contributed by atoms with Crippen molar-refractivity contribution in [3.8, 4) is 6.07 Å². The molecule has 0 saturated carbocycles. The molecule has 1 N–H and O–H groups in total. The van der Waals surface area contributed by atoms with Crippen LogP contribution >= 0.6 is 0 Å². The molecule has 0 bridgehead atoms. The molecule has 1 heterocycles. The van der Waals surface area contributed by atoms with Crippen LogP contribution in [-0.2, 0) is 9.47 Å². The highest BCUT2D eigenvalue weighted by molar-refractivity contribution is 5.02. The van der Waals surface area contributed by atoms with Crippen LogP contribution in [0.2, 0.25) is 0 Å². The highest BCUT2D eigenvalue weighted by atomic mass is 16.5. The van der Waals surface area contributed by atoms with Crippen molar-refractivity contribution in [1.82, 2.24) is 5.32 Å². The molecule has 0 spiro atoms. The molecule has 1 aliphatic heterocycles. The number of nitriles is 1. The number of nitrogens with one attached hydrogen (secondary N) is 1. The van der Waals surface area contributed by atoms with E-state index in [4.69, 9.17) is 14.7 Å². The molecule has 1 atom stereocenters. The molecule has 4 heteroatoms. The minimum Gasteiger partial charge on any atom is -0.381 e. The van der Waals surface area contributed by atoms with Crippen molar-refractivity contribution in [3.63, 3.8) is 0 Å². The zero-order valence-electron chi connectivity index (χ0n) is 10.3. The molecule has 0 aromatic carbocycles. The zero-order chi connectivity index (χ0) is 11.9. The molecule has 1 rings (SSSR count). The van der Waals surface area contributed by atoms with Crippen molar-refractivity contribution >= 4 is 0 Å². The first-order chi connectivity index (χ1) is 7.70. The molecule has 16 heavy (non-hydrogen) atoms. The highest BCUT2D eigenvalue weighted by Gasteiger charge is 2.21. The number of rotatable bonds is 6. The molecule has 4 nitrogen and oxygen atoms in total. The van der Waals surface area contributed by atoms with Crippen LogP contribution in [0, 0.1) is 17.2 Å². The van der Waals surface area contributed by atoms with Gasteiger partial charge in [-0.3, -0.25) is 0 Å². The predicted molar refractivity (Wildman–Crippen MR) is 62.1 cm³/mol. The lowest BCUT2D eigenvalue weighted by Gasteiger charge is -2.23. The Morgan fingerprint density at radius 3 is 2.75 bits per heavy atom. The summed E-state index contributed by atoms with van der Waals surface area (Å²) in [5.41, 5.74) is -0.463. The third kappa shape index (κ3) is 4.48. The van der Waals surface area contributed by atoms with Crippen molar-refractivity contribution < 1.29 is 9.47 Å². The Labute approximate surface area is 97.9 Å². The molecule has 0 radical (unpaired) electrons. The third-order valence-corrected chi connectivity index (χ3v) is 3.24. The number of hydrogen-bond acceptors (Lipinski definition) is 4. The highest BCUT2D eigenvalue weighted by Crippen LogP contribution is 2.15. The fourth-order valence-corrected chi connectivity index (χ4v) is 1.68. The Hall–Kier alpha value is -0.630. The third-order valence-electron chi connectivity index (χ3n) is 3.24. The Bertz CT molecular complexity index is 234. The van der Waals surface area contributed by atoms with E-state index in [9.17, 15) is 0 Å². The van der Waals surface area contributed by atoms with Crippen molar-refractivity contribution in [2.45, 2.75) is 31.7 Å². The predicted octanol–water partition coefficient (Wildman–Crippen LogP) is 1.32. The van der Waals surface area contributed by atoms with E-state index in [-0.39, 0.29) is 0 Å². The van der Waals surface area contributed by atoms with Gasteiger partial charge in [-0.2, -0.15) is 5.26 Å². The van der Waals surface area contributed by atoms with Crippen LogP contribution in [0.1, 0.15) is 26.2 Å². The van der Waals surface area contributed by atoms with Gasteiger partial charge < -0.3 is 14.8 Å². The average Bonchev–Trinajstić information content (AvgIpc) is 2.36. The molecule has 0 amide bonds. The van der Waals surface area contributed by atoms with Gasteiger partial charge in [-0.25, -0.2) is 0 Å². The van der Waals surface area contributed by atoms with E-state index in [1.165, 1.54) is 0 Å². The van der Waals surface area contributed by atoms with E-state index in [1.54, 1.807) is 0 Å². The summed E-state index contributed by atoms with van der Waals surface area (Å²) in [6.45, 7) is 5.06. The van der Waals surface area contributed by atoms with Gasteiger partial charge in [-0.1, -0.05) is 0 Å². The van der Waals surface area contributed by atoms with Gasteiger partial charge in [0.1, 0.15) is 5.54 Å². The van der Waals surface area contributed by atoms with Crippen LogP contribution in [0.4, 0.5) is 0 Å². The first kappa shape index (κ1) is 13.4. The number of nitrogens with zero attached hydrogens (tertiary/aromatic N) is 1. The minimum absolute atomic E-state index is 0.463. The fraction of sp³-hybridized carbons (Fsp3) is 0.917. The number of ether oxygens (including phenoxy) is 2. The molecule has 0 aromatic rings. The molecule has 92 valence electrons. The Balaban J connectivity index is 2.09. The van der Waals surface area contributed by atoms with Crippen molar-refractivity contribution in [2.75, 3.05) is 33.5 Å². The molecule has 0 aliphatic carbocycles. The summed E-state index contributed by atoms with van der Waals surface area (Å²) in [4.78, 5) is 0. The van der Waals surface area contributed by atoms with Gasteiger partial charge in [-0.15, -0.1) is 0 Å². The normalized spacial score (nSPS) is 21.3. The summed E-state index contributed by atoms with van der Waals surface area (Å²) < 4.78 is 10.9. The standard InChI is InChI=1S/C12H22N2O2/c1-12(10-13,14-2)5-8-16-9-11-3-6-15-7-4-11/h11,14H,3-9H2,1-2H3. The van der Waals surface area contributed by atoms with E-state index < -0.39 is 5.54 Å². The van der Waals surface area contributed by atoms with E-state index in [0.29, 0.717) is 12.5 Å². The smallest absolute Gasteiger partial charge is 0.105 e. The average molecular weight is 226 g/mol.